The molecule has 39 heavy (non-hydrogen) atoms. The molecule has 0 unspecified atom stereocenters. The van der Waals surface area contributed by atoms with Gasteiger partial charge in [-0.05, 0) is 54.2 Å². The van der Waals surface area contributed by atoms with E-state index in [0.29, 0.717) is 47.6 Å². The van der Waals surface area contributed by atoms with Crippen molar-refractivity contribution >= 4 is 27.3 Å². The Labute approximate surface area is 227 Å². The zero-order valence-electron chi connectivity index (χ0n) is 22.4. The summed E-state index contributed by atoms with van der Waals surface area (Å²) in [7, 11) is 1.44. The van der Waals surface area contributed by atoms with Gasteiger partial charge >= 0.3 is 0 Å². The summed E-state index contributed by atoms with van der Waals surface area (Å²) >= 11 is 0. The Morgan fingerprint density at radius 2 is 1.74 bits per heavy atom. The van der Waals surface area contributed by atoms with Crippen LogP contribution in [0.25, 0.3) is 11.1 Å². The van der Waals surface area contributed by atoms with Crippen LogP contribution in [-0.2, 0) is 25.8 Å². The number of hydrogen-bond acceptors (Lipinski definition) is 9. The fraction of sp³-hybridized carbons (Fsp3) is 0.444. The van der Waals surface area contributed by atoms with Crippen LogP contribution in [0.1, 0.15) is 36.9 Å². The first kappa shape index (κ1) is 28.2. The van der Waals surface area contributed by atoms with Gasteiger partial charge in [-0.3, -0.25) is 14.4 Å². The van der Waals surface area contributed by atoms with E-state index in [2.05, 4.69) is 16.0 Å². The van der Waals surface area contributed by atoms with Crippen molar-refractivity contribution in [3.05, 3.63) is 45.6 Å². The van der Waals surface area contributed by atoms with E-state index in [1.165, 1.54) is 34.3 Å². The Bertz CT molecular complexity index is 1460. The standard InChI is InChI=1S/C27H33N3O8S/c1-15(31)29-20-7-5-16-11-23(36-2)26(37-3)27(38-4)25(16)18-6-8-21(22(32)12-19(18)20)28-13-24(33)30-17-9-10-39(34,35)14-17/h6,8,11-12,17,20H,5,7,9-10,13-14H2,1-4H3,(H,28,32)(H,29,31)(H,30,33)/t17-,20-/m0/s1. The number of methoxy groups -OCH3 is 3. The molecule has 0 saturated carbocycles. The van der Waals surface area contributed by atoms with Gasteiger partial charge in [0.2, 0.25) is 23.0 Å². The molecule has 12 heteroatoms. The molecule has 1 fully saturated rings. The Morgan fingerprint density at radius 1 is 1.00 bits per heavy atom. The first-order chi connectivity index (χ1) is 18.6. The van der Waals surface area contributed by atoms with Gasteiger partial charge in [0, 0.05) is 18.5 Å². The smallest absolute Gasteiger partial charge is 0.239 e. The summed E-state index contributed by atoms with van der Waals surface area (Å²) in [5.74, 6) is 0.662. The Kier molecular flexibility index (Phi) is 8.34. The summed E-state index contributed by atoms with van der Waals surface area (Å²) < 4.78 is 40.3. The second-order valence-corrected chi connectivity index (χ2v) is 11.8. The Balaban J connectivity index is 1.74. The molecule has 1 aliphatic heterocycles. The van der Waals surface area contributed by atoms with Crippen LogP contribution in [0.3, 0.4) is 0 Å². The average Bonchev–Trinajstić information content (AvgIpc) is 3.05. The topological polar surface area (TPSA) is 149 Å². The van der Waals surface area contributed by atoms with Gasteiger partial charge < -0.3 is 30.2 Å². The number of nitrogens with one attached hydrogen (secondary N) is 3. The van der Waals surface area contributed by atoms with Gasteiger partial charge in [-0.15, -0.1) is 0 Å². The first-order valence-electron chi connectivity index (χ1n) is 12.6. The summed E-state index contributed by atoms with van der Waals surface area (Å²) in [5.41, 5.74) is 2.71. The van der Waals surface area contributed by atoms with Crippen molar-refractivity contribution in [1.82, 2.24) is 10.6 Å². The molecule has 3 N–H and O–H groups in total. The minimum atomic E-state index is -3.13. The van der Waals surface area contributed by atoms with Crippen molar-refractivity contribution in [2.24, 2.45) is 0 Å². The number of rotatable bonds is 8. The highest BCUT2D eigenvalue weighted by Crippen LogP contribution is 2.50. The molecule has 0 bridgehead atoms. The highest BCUT2D eigenvalue weighted by molar-refractivity contribution is 7.91. The lowest BCUT2D eigenvalue weighted by Gasteiger charge is -2.19. The number of ether oxygens (including phenoxy) is 3. The lowest BCUT2D eigenvalue weighted by atomic mass is 9.95. The van der Waals surface area contributed by atoms with Gasteiger partial charge in [0.05, 0.1) is 51.1 Å². The van der Waals surface area contributed by atoms with Crippen LogP contribution in [-0.4, -0.2) is 65.7 Å². The number of carbonyl (C=O) groups excluding carboxylic acids is 2. The summed E-state index contributed by atoms with van der Waals surface area (Å²) in [6.45, 7) is 1.22. The number of anilines is 1. The molecule has 0 radical (unpaired) electrons. The monoisotopic (exact) mass is 559 g/mol. The number of carbonyl (C=O) groups is 2. The van der Waals surface area contributed by atoms with Crippen molar-refractivity contribution in [3.63, 3.8) is 0 Å². The maximum absolute atomic E-state index is 13.3. The van der Waals surface area contributed by atoms with Gasteiger partial charge in [-0.25, -0.2) is 8.42 Å². The van der Waals surface area contributed by atoms with Crippen LogP contribution in [0.5, 0.6) is 17.2 Å². The second kappa shape index (κ2) is 11.5. The van der Waals surface area contributed by atoms with Gasteiger partial charge in [0.1, 0.15) is 0 Å². The maximum atomic E-state index is 13.3. The highest BCUT2D eigenvalue weighted by atomic mass is 32.2. The van der Waals surface area contributed by atoms with E-state index in [9.17, 15) is 22.8 Å². The van der Waals surface area contributed by atoms with E-state index in [4.69, 9.17) is 14.2 Å². The number of amides is 2. The van der Waals surface area contributed by atoms with E-state index < -0.39 is 27.8 Å². The molecule has 0 spiro atoms. The summed E-state index contributed by atoms with van der Waals surface area (Å²) in [5, 5.41) is 8.53. The van der Waals surface area contributed by atoms with Crippen LogP contribution in [0.4, 0.5) is 5.69 Å². The normalized spacial score (nSPS) is 19.1. The second-order valence-electron chi connectivity index (χ2n) is 9.62. The zero-order valence-corrected chi connectivity index (χ0v) is 23.2. The zero-order chi connectivity index (χ0) is 28.3. The lowest BCUT2D eigenvalue weighted by Crippen LogP contribution is -2.39. The fourth-order valence-corrected chi connectivity index (χ4v) is 6.89. The predicted molar refractivity (Wildman–Crippen MR) is 146 cm³/mol. The van der Waals surface area contributed by atoms with Gasteiger partial charge in [0.15, 0.2) is 21.3 Å². The van der Waals surface area contributed by atoms with Crippen LogP contribution in [0.15, 0.2) is 29.1 Å². The number of sulfone groups is 1. The number of benzene rings is 1. The first-order valence-corrected chi connectivity index (χ1v) is 14.4. The summed E-state index contributed by atoms with van der Waals surface area (Å²) in [6, 6.07) is 5.79. The number of fused-ring (bicyclic) bond motifs is 3. The van der Waals surface area contributed by atoms with Gasteiger partial charge in [-0.2, -0.15) is 0 Å². The molecule has 0 aromatic heterocycles. The SMILES string of the molecule is COc1cc2c(c(OC)c1OC)-c1ccc(NCC(=O)N[C@H]3CCS(=O)(=O)C3)c(=O)cc1[C@@H](NC(C)=O)CC2. The van der Waals surface area contributed by atoms with Crippen LogP contribution in [0.2, 0.25) is 0 Å². The molecule has 2 aromatic rings. The molecule has 2 amide bonds. The van der Waals surface area contributed by atoms with Crippen molar-refractivity contribution < 1.29 is 32.2 Å². The summed E-state index contributed by atoms with van der Waals surface area (Å²) in [6.07, 6.45) is 1.47. The van der Waals surface area contributed by atoms with Gasteiger partial charge in [0.25, 0.3) is 0 Å². The van der Waals surface area contributed by atoms with E-state index in [0.717, 1.165) is 11.1 Å². The number of aryl methyl sites for hydroxylation is 1. The molecule has 11 nitrogen and oxygen atoms in total. The van der Waals surface area contributed by atoms with E-state index in [-0.39, 0.29) is 35.1 Å². The molecule has 2 aromatic carbocycles. The third-order valence-corrected chi connectivity index (χ3v) is 8.72. The fourth-order valence-electron chi connectivity index (χ4n) is 5.22. The minimum absolute atomic E-state index is 0.0488. The Morgan fingerprint density at radius 3 is 2.36 bits per heavy atom. The number of hydrogen-bond donors (Lipinski definition) is 3. The van der Waals surface area contributed by atoms with Crippen molar-refractivity contribution in [2.75, 3.05) is 44.7 Å². The van der Waals surface area contributed by atoms with Gasteiger partial charge in [-0.1, -0.05) is 6.07 Å². The molecule has 2 atom stereocenters. The van der Waals surface area contributed by atoms with Crippen LogP contribution in [0, 0.1) is 0 Å². The lowest BCUT2D eigenvalue weighted by molar-refractivity contribution is -0.120. The third kappa shape index (κ3) is 6.11. The van der Waals surface area contributed by atoms with Crippen molar-refractivity contribution in [2.45, 2.75) is 38.3 Å². The molecule has 1 heterocycles. The molecule has 210 valence electrons. The van der Waals surface area contributed by atoms with E-state index >= 15 is 0 Å². The molecule has 4 rings (SSSR count). The molecular formula is C27H33N3O8S. The van der Waals surface area contributed by atoms with Crippen LogP contribution >= 0.6 is 0 Å². The Hall–Kier alpha value is -3.80. The quantitative estimate of drug-likeness (QED) is 0.438. The molecule has 2 aliphatic rings. The molecule has 1 aliphatic carbocycles. The molecular weight excluding hydrogens is 526 g/mol. The predicted octanol–water partition coefficient (Wildman–Crippen LogP) is 1.58. The average molecular weight is 560 g/mol. The van der Waals surface area contributed by atoms with E-state index in [1.807, 2.05) is 6.07 Å². The largest absolute Gasteiger partial charge is 0.493 e. The third-order valence-electron chi connectivity index (χ3n) is 6.95. The summed E-state index contributed by atoms with van der Waals surface area (Å²) in [4.78, 5) is 37.8. The highest BCUT2D eigenvalue weighted by Gasteiger charge is 2.30. The van der Waals surface area contributed by atoms with E-state index in [1.54, 1.807) is 12.1 Å². The van der Waals surface area contributed by atoms with Crippen LogP contribution < -0.4 is 35.6 Å². The van der Waals surface area contributed by atoms with Crippen molar-refractivity contribution in [3.8, 4) is 28.4 Å². The maximum Gasteiger partial charge on any atom is 0.239 e. The molecule has 1 saturated heterocycles. The van der Waals surface area contributed by atoms with Crippen molar-refractivity contribution in [1.29, 1.82) is 0 Å². The minimum Gasteiger partial charge on any atom is -0.493 e.